The lowest BCUT2D eigenvalue weighted by Crippen LogP contribution is -2.19. The Kier molecular flexibility index (Phi) is 4.65. The quantitative estimate of drug-likeness (QED) is 0.791. The molecule has 3 heterocycles. The molecule has 3 aromatic rings. The highest BCUT2D eigenvalue weighted by Crippen LogP contribution is 2.12. The summed E-state index contributed by atoms with van der Waals surface area (Å²) >= 11 is 0. The van der Waals surface area contributed by atoms with Gasteiger partial charge >= 0.3 is 0 Å². The van der Waals surface area contributed by atoms with Crippen molar-refractivity contribution in [3.05, 3.63) is 88.0 Å². The second-order valence-corrected chi connectivity index (χ2v) is 5.56. The first-order valence-corrected chi connectivity index (χ1v) is 7.53. The molecule has 25 heavy (non-hydrogen) atoms. The van der Waals surface area contributed by atoms with Crippen LogP contribution in [0.25, 0.3) is 0 Å². The van der Waals surface area contributed by atoms with Crippen LogP contribution in [0.15, 0.2) is 59.9 Å². The summed E-state index contributed by atoms with van der Waals surface area (Å²) in [6.07, 6.45) is 6.31. The Morgan fingerprint density at radius 1 is 1.16 bits per heavy atom. The molecular weight excluding hydrogens is 323 g/mol. The number of aromatic nitrogens is 3. The summed E-state index contributed by atoms with van der Waals surface area (Å²) in [5.41, 5.74) is 1.78. The van der Waals surface area contributed by atoms with Crippen molar-refractivity contribution >= 4 is 11.7 Å². The summed E-state index contributed by atoms with van der Waals surface area (Å²) in [7, 11) is 1.58. The molecule has 0 aliphatic carbocycles. The predicted octanol–water partition coefficient (Wildman–Crippen LogP) is 2.16. The highest BCUT2D eigenvalue weighted by atomic mass is 19.1. The molecule has 0 aliphatic rings. The van der Waals surface area contributed by atoms with Gasteiger partial charge in [-0.15, -0.1) is 0 Å². The lowest BCUT2D eigenvalue weighted by molar-refractivity contribution is 0.102. The molecule has 1 amide bonds. The van der Waals surface area contributed by atoms with Gasteiger partial charge in [0.25, 0.3) is 5.91 Å². The van der Waals surface area contributed by atoms with Crippen molar-refractivity contribution in [2.75, 3.05) is 5.32 Å². The topological polar surface area (TPSA) is 76.9 Å². The minimum absolute atomic E-state index is 0.189. The van der Waals surface area contributed by atoms with Crippen molar-refractivity contribution in [1.29, 1.82) is 0 Å². The Balaban J connectivity index is 1.68. The lowest BCUT2D eigenvalue weighted by Gasteiger charge is -2.07. The van der Waals surface area contributed by atoms with Crippen molar-refractivity contribution in [3.63, 3.8) is 0 Å². The smallest absolute Gasteiger partial charge is 0.258 e. The molecule has 6 nitrogen and oxygen atoms in total. The summed E-state index contributed by atoms with van der Waals surface area (Å²) in [6, 6.07) is 7.68. The van der Waals surface area contributed by atoms with E-state index in [0.717, 1.165) is 17.3 Å². The van der Waals surface area contributed by atoms with Crippen LogP contribution in [0.5, 0.6) is 0 Å². The van der Waals surface area contributed by atoms with Gasteiger partial charge in [-0.2, -0.15) is 0 Å². The molecule has 3 rings (SSSR count). The fourth-order valence-corrected chi connectivity index (χ4v) is 2.31. The molecule has 0 atom stereocenters. The first-order valence-electron chi connectivity index (χ1n) is 7.53. The molecule has 0 unspecified atom stereocenters. The van der Waals surface area contributed by atoms with Crippen molar-refractivity contribution in [3.8, 4) is 0 Å². The van der Waals surface area contributed by atoms with Crippen LogP contribution in [0.4, 0.5) is 10.2 Å². The Hall–Kier alpha value is -3.35. The first-order chi connectivity index (χ1) is 12.0. The number of nitrogens with one attached hydrogen (secondary N) is 1. The zero-order valence-electron chi connectivity index (χ0n) is 13.4. The second kappa shape index (κ2) is 7.04. The van der Waals surface area contributed by atoms with Crippen LogP contribution in [-0.4, -0.2) is 20.4 Å². The Bertz CT molecular complexity index is 967. The van der Waals surface area contributed by atoms with Crippen LogP contribution >= 0.6 is 0 Å². The zero-order chi connectivity index (χ0) is 17.8. The maximum atomic E-state index is 13.1. The molecule has 0 radical (unpaired) electrons. The number of carbonyl (C=O) groups excluding carboxylic acids is 1. The monoisotopic (exact) mass is 338 g/mol. The number of nitrogens with zero attached hydrogens (tertiary/aromatic N) is 3. The van der Waals surface area contributed by atoms with E-state index in [0.29, 0.717) is 17.8 Å². The van der Waals surface area contributed by atoms with Crippen molar-refractivity contribution in [2.24, 2.45) is 7.05 Å². The fourth-order valence-electron chi connectivity index (χ4n) is 2.31. The number of anilines is 1. The number of carbonyl (C=O) groups is 1. The molecule has 0 spiro atoms. The van der Waals surface area contributed by atoms with Crippen molar-refractivity contribution in [1.82, 2.24) is 14.5 Å². The molecule has 0 saturated carbocycles. The van der Waals surface area contributed by atoms with E-state index in [2.05, 4.69) is 15.3 Å². The van der Waals surface area contributed by atoms with Gasteiger partial charge in [-0.3, -0.25) is 14.6 Å². The van der Waals surface area contributed by atoms with Gasteiger partial charge in [-0.1, -0.05) is 6.07 Å². The number of rotatable bonds is 4. The Morgan fingerprint density at radius 2 is 2.00 bits per heavy atom. The van der Waals surface area contributed by atoms with Gasteiger partial charge in [0, 0.05) is 38.1 Å². The van der Waals surface area contributed by atoms with Gasteiger partial charge in [0.15, 0.2) is 0 Å². The Morgan fingerprint density at radius 3 is 2.68 bits per heavy atom. The number of pyridine rings is 3. The van der Waals surface area contributed by atoms with E-state index in [1.807, 2.05) is 0 Å². The fraction of sp³-hybridized carbons (Fsp3) is 0.111. The molecule has 126 valence electrons. The van der Waals surface area contributed by atoms with E-state index in [4.69, 9.17) is 0 Å². The third-order valence-electron chi connectivity index (χ3n) is 3.58. The van der Waals surface area contributed by atoms with E-state index in [1.54, 1.807) is 31.6 Å². The van der Waals surface area contributed by atoms with Crippen LogP contribution in [0.1, 0.15) is 21.5 Å². The normalized spacial score (nSPS) is 10.5. The number of hydrogen-bond acceptors (Lipinski definition) is 4. The lowest BCUT2D eigenvalue weighted by atomic mass is 10.1. The average molecular weight is 338 g/mol. The van der Waals surface area contributed by atoms with E-state index < -0.39 is 0 Å². The van der Waals surface area contributed by atoms with Crippen molar-refractivity contribution < 1.29 is 9.18 Å². The summed E-state index contributed by atoms with van der Waals surface area (Å²) in [6.45, 7) is 0. The van der Waals surface area contributed by atoms with Crippen LogP contribution < -0.4 is 10.9 Å². The van der Waals surface area contributed by atoms with Gasteiger partial charge in [-0.05, 0) is 29.3 Å². The highest BCUT2D eigenvalue weighted by Gasteiger charge is 2.08. The molecule has 0 aliphatic heterocycles. The average Bonchev–Trinajstić information content (AvgIpc) is 2.59. The van der Waals surface area contributed by atoms with Gasteiger partial charge < -0.3 is 9.88 Å². The third-order valence-corrected chi connectivity index (χ3v) is 3.58. The summed E-state index contributed by atoms with van der Waals surface area (Å²) in [5, 5.41) is 2.67. The van der Waals surface area contributed by atoms with E-state index >= 15 is 0 Å². The predicted molar refractivity (Wildman–Crippen MR) is 90.9 cm³/mol. The van der Waals surface area contributed by atoms with Crippen LogP contribution in [-0.2, 0) is 13.5 Å². The summed E-state index contributed by atoms with van der Waals surface area (Å²) in [4.78, 5) is 31.5. The maximum Gasteiger partial charge on any atom is 0.258 e. The van der Waals surface area contributed by atoms with Gasteiger partial charge in [0.1, 0.15) is 11.6 Å². The number of amides is 1. The minimum atomic E-state index is -0.383. The molecule has 7 heteroatoms. The maximum absolute atomic E-state index is 13.1. The standard InChI is InChI=1S/C18H15FN4O2/c1-23-11-14(3-5-17(23)24)18(25)22-16-4-2-12(9-21-16)6-13-7-15(19)10-20-8-13/h2-5,7-11H,6H2,1H3,(H,21,22,25). The van der Waals surface area contributed by atoms with Gasteiger partial charge in [0.05, 0.1) is 11.8 Å². The highest BCUT2D eigenvalue weighted by molar-refractivity contribution is 6.03. The largest absolute Gasteiger partial charge is 0.318 e. The minimum Gasteiger partial charge on any atom is -0.318 e. The SMILES string of the molecule is Cn1cc(C(=O)Nc2ccc(Cc3cncc(F)c3)cn2)ccc1=O. The third kappa shape index (κ3) is 4.14. The summed E-state index contributed by atoms with van der Waals surface area (Å²) in [5.74, 6) is -0.350. The van der Waals surface area contributed by atoms with Crippen LogP contribution in [0, 0.1) is 5.82 Å². The number of hydrogen-bond donors (Lipinski definition) is 1. The molecular formula is C18H15FN4O2. The number of halogens is 1. The molecule has 1 N–H and O–H groups in total. The van der Waals surface area contributed by atoms with E-state index in [1.165, 1.54) is 29.0 Å². The molecule has 0 bridgehead atoms. The molecule has 3 aromatic heterocycles. The van der Waals surface area contributed by atoms with Crippen LogP contribution in [0.3, 0.4) is 0 Å². The molecule has 0 aromatic carbocycles. The molecule has 0 saturated heterocycles. The first kappa shape index (κ1) is 16.5. The van der Waals surface area contributed by atoms with Gasteiger partial charge in [0.2, 0.25) is 5.56 Å². The number of aryl methyl sites for hydroxylation is 1. The zero-order valence-corrected chi connectivity index (χ0v) is 13.4. The van der Waals surface area contributed by atoms with Crippen LogP contribution in [0.2, 0.25) is 0 Å². The van der Waals surface area contributed by atoms with Crippen molar-refractivity contribution in [2.45, 2.75) is 6.42 Å². The summed E-state index contributed by atoms with van der Waals surface area (Å²) < 4.78 is 14.5. The molecule has 0 fully saturated rings. The Labute approximate surface area is 143 Å². The van der Waals surface area contributed by atoms with Gasteiger partial charge in [-0.25, -0.2) is 9.37 Å². The van der Waals surface area contributed by atoms with E-state index in [-0.39, 0.29) is 17.3 Å². The second-order valence-electron chi connectivity index (χ2n) is 5.56. The van der Waals surface area contributed by atoms with E-state index in [9.17, 15) is 14.0 Å².